The van der Waals surface area contributed by atoms with Crippen LogP contribution in [0.5, 0.6) is 5.75 Å². The number of benzene rings is 4. The molecule has 2 aromatic heterocycles. The predicted octanol–water partition coefficient (Wildman–Crippen LogP) is 7.03. The third-order valence-electron chi connectivity index (χ3n) is 5.92. The van der Waals surface area contributed by atoms with Gasteiger partial charge in [-0.1, -0.05) is 70.5 Å². The summed E-state index contributed by atoms with van der Waals surface area (Å²) in [6.45, 7) is 0.420. The van der Waals surface area contributed by atoms with Crippen molar-refractivity contribution in [3.8, 4) is 17.3 Å². The topological polar surface area (TPSA) is 69.6 Å². The van der Waals surface area contributed by atoms with Gasteiger partial charge in [-0.25, -0.2) is 4.98 Å². The van der Waals surface area contributed by atoms with Crippen molar-refractivity contribution in [2.45, 2.75) is 6.61 Å². The van der Waals surface area contributed by atoms with E-state index >= 15 is 0 Å². The van der Waals surface area contributed by atoms with Gasteiger partial charge in [0.15, 0.2) is 5.76 Å². The van der Waals surface area contributed by atoms with Crippen LogP contribution >= 0.6 is 15.9 Å². The molecule has 0 saturated heterocycles. The molecule has 0 aliphatic heterocycles. The molecule has 0 unspecified atom stereocenters. The fraction of sp³-hybridized carbons (Fsp3) is 0.0333. The highest BCUT2D eigenvalue weighted by Gasteiger charge is 2.16. The lowest BCUT2D eigenvalue weighted by Gasteiger charge is -2.10. The van der Waals surface area contributed by atoms with Crippen LogP contribution < -0.4 is 10.3 Å². The monoisotopic (exact) mass is 549 g/mol. The van der Waals surface area contributed by atoms with Gasteiger partial charge in [-0.2, -0.15) is 9.78 Å². The summed E-state index contributed by atoms with van der Waals surface area (Å²) in [4.78, 5) is 18.3. The first kappa shape index (κ1) is 22.9. The van der Waals surface area contributed by atoms with E-state index in [2.05, 4.69) is 21.0 Å². The second kappa shape index (κ2) is 9.87. The highest BCUT2D eigenvalue weighted by atomic mass is 79.9. The number of ether oxygens (including phenoxy) is 1. The van der Waals surface area contributed by atoms with Crippen molar-refractivity contribution in [1.29, 1.82) is 0 Å². The maximum atomic E-state index is 13.5. The molecule has 4 aromatic carbocycles. The minimum Gasteiger partial charge on any atom is -0.488 e. The van der Waals surface area contributed by atoms with Crippen molar-refractivity contribution in [2.24, 2.45) is 5.10 Å². The smallest absolute Gasteiger partial charge is 0.282 e. The minimum atomic E-state index is -0.291. The van der Waals surface area contributed by atoms with Crippen LogP contribution in [0.4, 0.5) is 0 Å². The van der Waals surface area contributed by atoms with E-state index in [-0.39, 0.29) is 5.56 Å². The van der Waals surface area contributed by atoms with E-state index in [4.69, 9.17) is 14.1 Å². The van der Waals surface area contributed by atoms with Crippen molar-refractivity contribution in [3.05, 3.63) is 129 Å². The van der Waals surface area contributed by atoms with Gasteiger partial charge in [0.2, 0.25) is 5.82 Å². The van der Waals surface area contributed by atoms with E-state index in [0.29, 0.717) is 40.4 Å². The Kier molecular flexibility index (Phi) is 6.12. The molecule has 37 heavy (non-hydrogen) atoms. The lowest BCUT2D eigenvalue weighted by atomic mass is 10.2. The van der Waals surface area contributed by atoms with Gasteiger partial charge in [-0.05, 0) is 54.1 Å². The molecule has 6 aromatic rings. The number of halogens is 1. The zero-order valence-corrected chi connectivity index (χ0v) is 21.1. The SMILES string of the molecule is O=c1c2ccccc2nc(-c2cc3cc(Br)ccc3o2)n1N=Cc1ccccc1OCc1ccccc1. The third kappa shape index (κ3) is 4.69. The van der Waals surface area contributed by atoms with Gasteiger partial charge < -0.3 is 9.15 Å². The Morgan fingerprint density at radius 3 is 2.59 bits per heavy atom. The number of para-hydroxylation sites is 2. The molecule has 0 aliphatic carbocycles. The molecular weight excluding hydrogens is 530 g/mol. The largest absolute Gasteiger partial charge is 0.488 e. The van der Waals surface area contributed by atoms with Crippen LogP contribution in [-0.4, -0.2) is 15.9 Å². The van der Waals surface area contributed by atoms with Gasteiger partial charge in [-0.15, -0.1) is 0 Å². The summed E-state index contributed by atoms with van der Waals surface area (Å²) in [6, 6.07) is 32.3. The maximum Gasteiger partial charge on any atom is 0.282 e. The Labute approximate surface area is 220 Å². The molecule has 0 saturated carbocycles. The van der Waals surface area contributed by atoms with Crippen LogP contribution in [0.15, 0.2) is 122 Å². The molecule has 0 bridgehead atoms. The second-order valence-electron chi connectivity index (χ2n) is 8.42. The summed E-state index contributed by atoms with van der Waals surface area (Å²) in [5.74, 6) is 1.42. The zero-order valence-electron chi connectivity index (χ0n) is 19.5. The number of nitrogens with zero attached hydrogens (tertiary/aromatic N) is 3. The van der Waals surface area contributed by atoms with Gasteiger partial charge in [0, 0.05) is 15.4 Å². The van der Waals surface area contributed by atoms with Crippen LogP contribution in [0, 0.1) is 0 Å². The van der Waals surface area contributed by atoms with Gasteiger partial charge in [0.1, 0.15) is 17.9 Å². The Morgan fingerprint density at radius 2 is 1.70 bits per heavy atom. The molecule has 0 radical (unpaired) electrons. The molecule has 6 nitrogen and oxygen atoms in total. The average molecular weight is 550 g/mol. The van der Waals surface area contributed by atoms with Crippen LogP contribution in [0.2, 0.25) is 0 Å². The van der Waals surface area contributed by atoms with Crippen molar-refractivity contribution >= 4 is 44.0 Å². The molecule has 7 heteroatoms. The molecule has 6 rings (SSSR count). The van der Waals surface area contributed by atoms with E-state index < -0.39 is 0 Å². The maximum absolute atomic E-state index is 13.5. The van der Waals surface area contributed by atoms with Gasteiger partial charge in [-0.3, -0.25) is 4.79 Å². The number of fused-ring (bicyclic) bond motifs is 2. The summed E-state index contributed by atoms with van der Waals surface area (Å²) in [6.07, 6.45) is 1.61. The number of hydrogen-bond acceptors (Lipinski definition) is 5. The summed E-state index contributed by atoms with van der Waals surface area (Å²) >= 11 is 3.49. The summed E-state index contributed by atoms with van der Waals surface area (Å²) in [7, 11) is 0. The Balaban J connectivity index is 1.44. The van der Waals surface area contributed by atoms with Gasteiger partial charge >= 0.3 is 0 Å². The minimum absolute atomic E-state index is 0.291. The molecule has 0 atom stereocenters. The van der Waals surface area contributed by atoms with Crippen LogP contribution in [-0.2, 0) is 6.61 Å². The third-order valence-corrected chi connectivity index (χ3v) is 6.41. The van der Waals surface area contributed by atoms with E-state index in [9.17, 15) is 4.79 Å². The van der Waals surface area contributed by atoms with E-state index in [0.717, 1.165) is 21.0 Å². The van der Waals surface area contributed by atoms with E-state index in [1.807, 2.05) is 91.0 Å². The molecule has 0 amide bonds. The predicted molar refractivity (Wildman–Crippen MR) is 149 cm³/mol. The van der Waals surface area contributed by atoms with Crippen molar-refractivity contribution in [2.75, 3.05) is 0 Å². The van der Waals surface area contributed by atoms with Crippen LogP contribution in [0.3, 0.4) is 0 Å². The van der Waals surface area contributed by atoms with Gasteiger partial charge in [0.25, 0.3) is 5.56 Å². The molecule has 2 heterocycles. The molecule has 0 spiro atoms. The van der Waals surface area contributed by atoms with E-state index in [1.54, 1.807) is 18.3 Å². The molecule has 0 aliphatic rings. The average Bonchev–Trinajstić information content (AvgIpc) is 3.35. The standard InChI is InChI=1S/C30H20BrN3O3/c31-23-14-15-27-22(16-23)17-28(37-27)29-33-25-12-6-5-11-24(25)30(35)34(29)32-18-21-10-4-7-13-26(21)36-19-20-8-2-1-3-9-20/h1-18H,19H2. The molecule has 0 N–H and O–H groups in total. The molecule has 0 fully saturated rings. The Morgan fingerprint density at radius 1 is 0.919 bits per heavy atom. The lowest BCUT2D eigenvalue weighted by Crippen LogP contribution is -2.20. The fourth-order valence-electron chi connectivity index (χ4n) is 4.09. The van der Waals surface area contributed by atoms with Gasteiger partial charge in [0.05, 0.1) is 17.1 Å². The normalized spacial score (nSPS) is 11.5. The Hall–Kier alpha value is -4.49. The number of aromatic nitrogens is 2. The van der Waals surface area contributed by atoms with Crippen molar-refractivity contribution < 1.29 is 9.15 Å². The quantitative estimate of drug-likeness (QED) is 0.209. The van der Waals surface area contributed by atoms with Crippen LogP contribution in [0.25, 0.3) is 33.5 Å². The van der Waals surface area contributed by atoms with Crippen molar-refractivity contribution in [3.63, 3.8) is 0 Å². The second-order valence-corrected chi connectivity index (χ2v) is 9.33. The Bertz CT molecular complexity index is 1820. The molecular formula is C30H20BrN3O3. The zero-order chi connectivity index (χ0) is 25.2. The lowest BCUT2D eigenvalue weighted by molar-refractivity contribution is 0.306. The summed E-state index contributed by atoms with van der Waals surface area (Å²) in [5.41, 5.74) is 2.76. The first-order valence-corrected chi connectivity index (χ1v) is 12.5. The molecule has 180 valence electrons. The van der Waals surface area contributed by atoms with Crippen molar-refractivity contribution in [1.82, 2.24) is 9.66 Å². The first-order valence-electron chi connectivity index (χ1n) is 11.7. The fourth-order valence-corrected chi connectivity index (χ4v) is 4.47. The number of hydrogen-bond donors (Lipinski definition) is 0. The first-order chi connectivity index (χ1) is 18.2. The summed E-state index contributed by atoms with van der Waals surface area (Å²) in [5, 5.41) is 5.93. The highest BCUT2D eigenvalue weighted by molar-refractivity contribution is 9.10. The number of rotatable bonds is 6. The van der Waals surface area contributed by atoms with E-state index in [1.165, 1.54) is 4.68 Å². The highest BCUT2D eigenvalue weighted by Crippen LogP contribution is 2.29. The summed E-state index contributed by atoms with van der Waals surface area (Å²) < 4.78 is 14.3. The number of furan rings is 1. The van der Waals surface area contributed by atoms with Crippen LogP contribution in [0.1, 0.15) is 11.1 Å².